The quantitative estimate of drug-likeness (QED) is 0.0964. The van der Waals surface area contributed by atoms with Crippen LogP contribution in [0.3, 0.4) is 0 Å². The van der Waals surface area contributed by atoms with Gasteiger partial charge in [-0.15, -0.1) is 11.6 Å². The summed E-state index contributed by atoms with van der Waals surface area (Å²) in [4.78, 5) is 71.0. The van der Waals surface area contributed by atoms with Crippen molar-refractivity contribution in [2.75, 3.05) is 26.2 Å². The van der Waals surface area contributed by atoms with Crippen molar-refractivity contribution in [3.05, 3.63) is 87.5 Å². The van der Waals surface area contributed by atoms with Gasteiger partial charge in [-0.1, -0.05) is 42.0 Å². The normalized spacial score (nSPS) is 30.0. The fourth-order valence-electron chi connectivity index (χ4n) is 13.8. The fraction of sp³-hybridized carbons (Fsp3) is 0.643. The molecule has 5 aliphatic carbocycles. The monoisotopic (exact) mass is 1020 g/mol. The summed E-state index contributed by atoms with van der Waals surface area (Å²) in [6.07, 6.45) is 18.4. The molecule has 4 fully saturated rings. The van der Waals surface area contributed by atoms with Crippen molar-refractivity contribution in [2.24, 2.45) is 35.8 Å². The van der Waals surface area contributed by atoms with Crippen molar-refractivity contribution < 1.29 is 28.7 Å². The number of alkyl halides is 1. The van der Waals surface area contributed by atoms with Crippen molar-refractivity contribution in [1.82, 2.24) is 39.5 Å². The molecule has 2 N–H and O–H groups in total. The van der Waals surface area contributed by atoms with Gasteiger partial charge in [0, 0.05) is 69.5 Å². The van der Waals surface area contributed by atoms with E-state index in [4.69, 9.17) is 42.6 Å². The number of amides is 2. The van der Waals surface area contributed by atoms with Gasteiger partial charge in [-0.2, -0.15) is 0 Å². The average Bonchev–Trinajstić information content (AvgIpc) is 4.19. The zero-order valence-corrected chi connectivity index (χ0v) is 45.2. The lowest BCUT2D eigenvalue weighted by Crippen LogP contribution is -2.65. The minimum Gasteiger partial charge on any atom is -0.460 e. The van der Waals surface area contributed by atoms with Crippen LogP contribution in [0.15, 0.2) is 42.5 Å². The highest BCUT2D eigenvalue weighted by Crippen LogP contribution is 2.65. The van der Waals surface area contributed by atoms with Crippen molar-refractivity contribution in [3.8, 4) is 0 Å². The molecular weight excluding hydrogens is 952 g/mol. The van der Waals surface area contributed by atoms with Gasteiger partial charge in [0.2, 0.25) is 0 Å². The molecule has 1 atom stereocenters. The van der Waals surface area contributed by atoms with Crippen LogP contribution < -0.4 is 10.6 Å². The number of aromatic nitrogens is 4. The summed E-state index contributed by atoms with van der Waals surface area (Å²) in [5.41, 5.74) is 2.03. The van der Waals surface area contributed by atoms with Crippen LogP contribution in [-0.2, 0) is 59.1 Å². The molecular formula is C56H74Cl2N8O6. The summed E-state index contributed by atoms with van der Waals surface area (Å²) in [6.45, 7) is 16.3. The van der Waals surface area contributed by atoms with E-state index in [2.05, 4.69) is 20.4 Å². The predicted octanol–water partition coefficient (Wildman–Crippen LogP) is 9.00. The number of benzene rings is 1. The van der Waals surface area contributed by atoms with E-state index in [0.717, 1.165) is 139 Å². The number of halogens is 2. The zero-order chi connectivity index (χ0) is 51.2. The van der Waals surface area contributed by atoms with Gasteiger partial charge in [-0.05, 0) is 166 Å². The Morgan fingerprint density at radius 3 is 1.57 bits per heavy atom. The molecule has 0 saturated heterocycles. The Balaban J connectivity index is 0.828. The lowest BCUT2D eigenvalue weighted by atomic mass is 9.80. The van der Waals surface area contributed by atoms with Crippen LogP contribution in [0.25, 0.3) is 5.57 Å². The maximum atomic E-state index is 14.8. The minimum absolute atomic E-state index is 0.0323. The molecule has 4 bridgehead atoms. The van der Waals surface area contributed by atoms with E-state index in [1.54, 1.807) is 18.2 Å². The predicted molar refractivity (Wildman–Crippen MR) is 277 cm³/mol. The van der Waals surface area contributed by atoms with Gasteiger partial charge in [-0.3, -0.25) is 29.0 Å². The molecule has 72 heavy (non-hydrogen) atoms. The summed E-state index contributed by atoms with van der Waals surface area (Å²) < 4.78 is 15.5. The molecule has 0 radical (unpaired) electrons. The minimum atomic E-state index is -1.61. The van der Waals surface area contributed by atoms with Gasteiger partial charge in [-0.25, -0.2) is 9.97 Å². The van der Waals surface area contributed by atoms with Crippen molar-refractivity contribution >= 4 is 52.5 Å². The van der Waals surface area contributed by atoms with Gasteiger partial charge >= 0.3 is 11.9 Å². The van der Waals surface area contributed by atoms with E-state index in [1.165, 1.54) is 0 Å². The van der Waals surface area contributed by atoms with E-state index < -0.39 is 34.1 Å². The number of nitrogens with zero attached hydrogens (tertiary/aromatic N) is 6. The number of fused-ring (bicyclic) bond motifs is 6. The molecule has 3 aromatic rings. The molecule has 4 saturated carbocycles. The Morgan fingerprint density at radius 2 is 1.14 bits per heavy atom. The smallest absolute Gasteiger partial charge is 0.312 e. The number of rotatable bonds is 13. The third kappa shape index (κ3) is 9.48. The molecule has 0 spiro atoms. The van der Waals surface area contributed by atoms with Crippen LogP contribution in [0.5, 0.6) is 0 Å². The van der Waals surface area contributed by atoms with Crippen LogP contribution in [0, 0.1) is 21.7 Å². The topological polar surface area (TPSA) is 153 Å². The summed E-state index contributed by atoms with van der Waals surface area (Å²) >= 11 is 14.3. The molecule has 14 nitrogen and oxygen atoms in total. The highest BCUT2D eigenvalue weighted by atomic mass is 35.5. The Morgan fingerprint density at radius 1 is 0.694 bits per heavy atom. The first-order valence-electron chi connectivity index (χ1n) is 26.4. The molecule has 10 rings (SSSR count). The van der Waals surface area contributed by atoms with Crippen molar-refractivity contribution in [3.63, 3.8) is 0 Å². The molecule has 7 aliphatic rings. The zero-order valence-electron chi connectivity index (χ0n) is 43.6. The number of esters is 2. The third-order valence-corrected chi connectivity index (χ3v) is 18.7. The Labute approximate surface area is 435 Å². The number of hydrogen-bond donors (Lipinski definition) is 2. The standard InChI is InChI=1S/C56H74Cl2N8O6/c1-50(2,3)71-48(69)54-22-18-52(34-54,19-23-54)26-30-65-28-15-41-39(32-65)59-44(63(41)7)46(67)61-56(17-11-13-37(43(56)58)36-12-9-10-14-38(36)57)62-47(68)45-60-40-33-66(29-16-42(40)64(45)8)31-27-53-20-24-55(35-53,25-21-53)49(70)72-51(4,5)6/h9-14,17,43H,15-16,18-35H2,1-8H3,(H,61,67)(H,62,68). The summed E-state index contributed by atoms with van der Waals surface area (Å²) in [6, 6.07) is 7.39. The SMILES string of the molecule is Cn1c(C(=O)NC2(NC(=O)c3nc4c(n3C)CCN(CCC35CCC(C(=O)OC(C)(C)C)(CC3)C5)C4)C=CC=C(c3ccccc3Cl)C2Cl)nc2c1CCN(CCC13CCC(C(=O)OC(C)(C)C)(CC1)C3)C2. The second-order valence-corrected chi connectivity index (χ2v) is 25.7. The van der Waals surface area contributed by atoms with Gasteiger partial charge in [0.05, 0.1) is 22.2 Å². The Hall–Kier alpha value is -4.50. The second-order valence-electron chi connectivity index (χ2n) is 24.8. The number of imidazole rings is 2. The molecule has 1 unspecified atom stereocenters. The largest absolute Gasteiger partial charge is 0.460 e. The van der Waals surface area contributed by atoms with E-state index in [1.807, 2.05) is 89.0 Å². The van der Waals surface area contributed by atoms with Gasteiger partial charge in [0.1, 0.15) is 16.6 Å². The summed E-state index contributed by atoms with van der Waals surface area (Å²) in [5, 5.41) is 5.84. The summed E-state index contributed by atoms with van der Waals surface area (Å²) in [7, 11) is 3.75. The van der Waals surface area contributed by atoms with Crippen LogP contribution >= 0.6 is 23.2 Å². The third-order valence-electron chi connectivity index (χ3n) is 17.8. The van der Waals surface area contributed by atoms with Gasteiger partial charge in [0.25, 0.3) is 11.8 Å². The number of carbonyl (C=O) groups is 4. The highest BCUT2D eigenvalue weighted by Gasteiger charge is 2.60. The Kier molecular flexibility index (Phi) is 13.0. The lowest BCUT2D eigenvalue weighted by Gasteiger charge is -2.39. The number of ether oxygens (including phenoxy) is 2. The number of hydrogen-bond acceptors (Lipinski definition) is 10. The molecule has 2 amide bonds. The van der Waals surface area contributed by atoms with Crippen LogP contribution in [0.1, 0.15) is 168 Å². The molecule has 2 aromatic heterocycles. The second kappa shape index (κ2) is 18.4. The Bertz CT molecular complexity index is 2580. The van der Waals surface area contributed by atoms with Gasteiger partial charge in [0.15, 0.2) is 17.3 Å². The number of allylic oxidation sites excluding steroid dienone is 2. The average molecular weight is 1030 g/mol. The number of nitrogens with one attached hydrogen (secondary N) is 2. The number of carbonyl (C=O) groups excluding carboxylic acids is 4. The molecule has 4 heterocycles. The van der Waals surface area contributed by atoms with E-state index >= 15 is 0 Å². The van der Waals surface area contributed by atoms with Crippen molar-refractivity contribution in [1.29, 1.82) is 0 Å². The van der Waals surface area contributed by atoms with Crippen LogP contribution in [-0.4, -0.2) is 101 Å². The molecule has 2 aliphatic heterocycles. The van der Waals surface area contributed by atoms with E-state index in [-0.39, 0.29) is 45.2 Å². The first-order valence-corrected chi connectivity index (χ1v) is 27.2. The maximum Gasteiger partial charge on any atom is 0.312 e. The van der Waals surface area contributed by atoms with E-state index in [0.29, 0.717) is 29.2 Å². The molecule has 388 valence electrons. The first kappa shape index (κ1) is 51.0. The first-order chi connectivity index (χ1) is 33.9. The lowest BCUT2D eigenvalue weighted by molar-refractivity contribution is -0.168. The van der Waals surface area contributed by atoms with Crippen LogP contribution in [0.4, 0.5) is 0 Å². The highest BCUT2D eigenvalue weighted by molar-refractivity contribution is 6.34. The summed E-state index contributed by atoms with van der Waals surface area (Å²) in [5.74, 6) is -0.569. The molecule has 16 heteroatoms. The van der Waals surface area contributed by atoms with Crippen LogP contribution in [0.2, 0.25) is 5.02 Å². The molecule has 1 aromatic carbocycles. The fourth-order valence-corrected chi connectivity index (χ4v) is 14.4. The van der Waals surface area contributed by atoms with Crippen molar-refractivity contribution in [2.45, 2.75) is 167 Å². The van der Waals surface area contributed by atoms with Gasteiger partial charge < -0.3 is 29.2 Å². The van der Waals surface area contributed by atoms with E-state index in [9.17, 15) is 19.2 Å². The maximum absolute atomic E-state index is 14.8.